The van der Waals surface area contributed by atoms with Gasteiger partial charge in [0.15, 0.2) is 0 Å². The smallest absolute Gasteiger partial charge is 0.230 e. The Labute approximate surface area is 69.5 Å². The fourth-order valence-electron chi connectivity index (χ4n) is 0.544. The topological polar surface area (TPSA) is 55.1 Å². The largest absolute Gasteiger partial charge is 0.355 e. The van der Waals surface area contributed by atoms with E-state index in [2.05, 4.69) is 21.2 Å². The minimum absolute atomic E-state index is 0.0389. The molecule has 0 aliphatic carbocycles. The minimum atomic E-state index is 0.0389. The number of carbonyl (C=O) groups excluding carboxylic acids is 1. The van der Waals surface area contributed by atoms with E-state index in [-0.39, 0.29) is 5.91 Å². The van der Waals surface area contributed by atoms with Crippen molar-refractivity contribution in [1.29, 1.82) is 0 Å². The number of rotatable bonds is 5. The summed E-state index contributed by atoms with van der Waals surface area (Å²) in [5.41, 5.74) is 5.26. The highest BCUT2D eigenvalue weighted by molar-refractivity contribution is 9.09. The predicted octanol–water partition coefficient (Wildman–Crippen LogP) is 0.236. The third-order valence-electron chi connectivity index (χ3n) is 1.07. The molecule has 3 nitrogen and oxygen atoms in total. The Morgan fingerprint density at radius 2 is 2.20 bits per heavy atom. The summed E-state index contributed by atoms with van der Waals surface area (Å²) in [4.78, 5) is 10.6. The van der Waals surface area contributed by atoms with E-state index < -0.39 is 0 Å². The van der Waals surface area contributed by atoms with Gasteiger partial charge in [-0.15, -0.1) is 0 Å². The van der Waals surface area contributed by atoms with Gasteiger partial charge in [-0.05, 0) is 19.4 Å². The van der Waals surface area contributed by atoms with Gasteiger partial charge in [0.05, 0.1) is 5.33 Å². The Bertz CT molecular complexity index is 97.7. The molecule has 0 rings (SSSR count). The molecule has 4 heteroatoms. The van der Waals surface area contributed by atoms with Crippen LogP contribution in [-0.2, 0) is 4.79 Å². The van der Waals surface area contributed by atoms with Gasteiger partial charge in [0.2, 0.25) is 5.91 Å². The van der Waals surface area contributed by atoms with Crippen LogP contribution in [0.25, 0.3) is 0 Å². The molecule has 0 fully saturated rings. The monoisotopic (exact) mass is 208 g/mol. The summed E-state index contributed by atoms with van der Waals surface area (Å²) in [7, 11) is 0. The molecular weight excluding hydrogens is 196 g/mol. The van der Waals surface area contributed by atoms with Gasteiger partial charge in [-0.25, -0.2) is 0 Å². The van der Waals surface area contributed by atoms with Crippen LogP contribution in [0, 0.1) is 0 Å². The maximum Gasteiger partial charge on any atom is 0.230 e. The van der Waals surface area contributed by atoms with Crippen molar-refractivity contribution in [3.05, 3.63) is 0 Å². The van der Waals surface area contributed by atoms with Gasteiger partial charge in [-0.1, -0.05) is 15.9 Å². The Morgan fingerprint density at radius 1 is 1.50 bits per heavy atom. The van der Waals surface area contributed by atoms with E-state index in [1.165, 1.54) is 0 Å². The van der Waals surface area contributed by atoms with E-state index >= 15 is 0 Å². The van der Waals surface area contributed by atoms with Crippen LogP contribution in [0.2, 0.25) is 0 Å². The van der Waals surface area contributed by atoms with E-state index in [0.29, 0.717) is 11.9 Å². The van der Waals surface area contributed by atoms with Gasteiger partial charge < -0.3 is 11.1 Å². The van der Waals surface area contributed by atoms with E-state index in [9.17, 15) is 4.79 Å². The molecule has 0 spiro atoms. The zero-order valence-corrected chi connectivity index (χ0v) is 7.49. The molecule has 1 amide bonds. The standard InChI is InChI=1S/C6H13BrN2O/c7-5-6(10)9-4-2-1-3-8/h1-5,8H2,(H,9,10). The molecule has 0 aromatic carbocycles. The summed E-state index contributed by atoms with van der Waals surface area (Å²) in [5, 5.41) is 3.11. The van der Waals surface area contributed by atoms with Crippen LogP contribution in [0.3, 0.4) is 0 Å². The molecule has 0 aliphatic heterocycles. The molecule has 0 saturated heterocycles. The van der Waals surface area contributed by atoms with E-state index in [4.69, 9.17) is 5.73 Å². The first-order valence-electron chi connectivity index (χ1n) is 3.34. The molecule has 0 radical (unpaired) electrons. The van der Waals surface area contributed by atoms with Crippen LogP contribution >= 0.6 is 15.9 Å². The molecule has 0 heterocycles. The van der Waals surface area contributed by atoms with Crippen LogP contribution < -0.4 is 11.1 Å². The second-order valence-electron chi connectivity index (χ2n) is 1.98. The Balaban J connectivity index is 2.96. The van der Waals surface area contributed by atoms with Gasteiger partial charge >= 0.3 is 0 Å². The van der Waals surface area contributed by atoms with Crippen LogP contribution in [0.4, 0.5) is 0 Å². The highest BCUT2D eigenvalue weighted by Gasteiger charge is 1.94. The zero-order chi connectivity index (χ0) is 7.82. The van der Waals surface area contributed by atoms with Gasteiger partial charge in [0, 0.05) is 6.54 Å². The van der Waals surface area contributed by atoms with E-state index in [0.717, 1.165) is 19.4 Å². The van der Waals surface area contributed by atoms with Gasteiger partial charge in [-0.3, -0.25) is 4.79 Å². The van der Waals surface area contributed by atoms with Crippen molar-refractivity contribution in [3.63, 3.8) is 0 Å². The van der Waals surface area contributed by atoms with Crippen molar-refractivity contribution in [2.75, 3.05) is 18.4 Å². The molecule has 3 N–H and O–H groups in total. The second kappa shape index (κ2) is 7.02. The number of nitrogens with two attached hydrogens (primary N) is 1. The van der Waals surface area contributed by atoms with Crippen molar-refractivity contribution in [2.45, 2.75) is 12.8 Å². The number of alkyl halides is 1. The summed E-state index contributed by atoms with van der Waals surface area (Å²) in [6, 6.07) is 0. The third-order valence-corrected chi connectivity index (χ3v) is 1.58. The van der Waals surface area contributed by atoms with Crippen molar-refractivity contribution >= 4 is 21.8 Å². The van der Waals surface area contributed by atoms with Crippen LogP contribution in [0.1, 0.15) is 12.8 Å². The second-order valence-corrected chi connectivity index (χ2v) is 2.54. The lowest BCUT2D eigenvalue weighted by Gasteiger charge is -2.00. The lowest BCUT2D eigenvalue weighted by atomic mass is 10.3. The Kier molecular flexibility index (Phi) is 6.96. The molecule has 0 saturated carbocycles. The molecule has 0 aromatic rings. The highest BCUT2D eigenvalue weighted by Crippen LogP contribution is 1.83. The third kappa shape index (κ3) is 6.04. The SMILES string of the molecule is NCCCCNC(=O)CBr. The highest BCUT2D eigenvalue weighted by atomic mass is 79.9. The molecular formula is C6H13BrN2O. The van der Waals surface area contributed by atoms with Gasteiger partial charge in [-0.2, -0.15) is 0 Å². The van der Waals surface area contributed by atoms with Crippen LogP contribution in [-0.4, -0.2) is 24.3 Å². The summed E-state index contributed by atoms with van der Waals surface area (Å²) in [6.07, 6.45) is 1.94. The minimum Gasteiger partial charge on any atom is -0.355 e. The maximum absolute atomic E-state index is 10.6. The summed E-state index contributed by atoms with van der Waals surface area (Å²) in [6.45, 7) is 1.44. The van der Waals surface area contributed by atoms with E-state index in [1.807, 2.05) is 0 Å². The molecule has 10 heavy (non-hydrogen) atoms. The summed E-state index contributed by atoms with van der Waals surface area (Å²) in [5.74, 6) is 0.0389. The Morgan fingerprint density at radius 3 is 2.70 bits per heavy atom. The molecule has 60 valence electrons. The lowest BCUT2D eigenvalue weighted by Crippen LogP contribution is -2.25. The Hall–Kier alpha value is -0.0900. The molecule has 0 unspecified atom stereocenters. The fourth-order valence-corrected chi connectivity index (χ4v) is 0.743. The number of carbonyl (C=O) groups is 1. The van der Waals surface area contributed by atoms with Crippen LogP contribution in [0.5, 0.6) is 0 Å². The lowest BCUT2D eigenvalue weighted by molar-refractivity contribution is -0.118. The quantitative estimate of drug-likeness (QED) is 0.503. The first-order chi connectivity index (χ1) is 4.81. The average molecular weight is 209 g/mol. The zero-order valence-electron chi connectivity index (χ0n) is 5.90. The fraction of sp³-hybridized carbons (Fsp3) is 0.833. The molecule has 0 atom stereocenters. The first-order valence-corrected chi connectivity index (χ1v) is 4.46. The average Bonchev–Trinajstić information content (AvgIpc) is 1.98. The number of unbranched alkanes of at least 4 members (excludes halogenated alkanes) is 1. The van der Waals surface area contributed by atoms with Crippen molar-refractivity contribution in [3.8, 4) is 0 Å². The number of halogens is 1. The summed E-state index contributed by atoms with van der Waals surface area (Å²) >= 11 is 3.05. The van der Waals surface area contributed by atoms with Gasteiger partial charge in [0.1, 0.15) is 0 Å². The molecule has 0 aromatic heterocycles. The van der Waals surface area contributed by atoms with Crippen molar-refractivity contribution in [2.24, 2.45) is 5.73 Å². The summed E-state index contributed by atoms with van der Waals surface area (Å²) < 4.78 is 0. The maximum atomic E-state index is 10.6. The van der Waals surface area contributed by atoms with Gasteiger partial charge in [0.25, 0.3) is 0 Å². The van der Waals surface area contributed by atoms with Crippen LogP contribution in [0.15, 0.2) is 0 Å². The normalized spacial score (nSPS) is 9.40. The number of amides is 1. The molecule has 0 bridgehead atoms. The first kappa shape index (κ1) is 9.91. The number of hydrogen-bond donors (Lipinski definition) is 2. The van der Waals surface area contributed by atoms with Crippen molar-refractivity contribution in [1.82, 2.24) is 5.32 Å². The number of hydrogen-bond acceptors (Lipinski definition) is 2. The molecule has 0 aliphatic rings. The van der Waals surface area contributed by atoms with Crippen molar-refractivity contribution < 1.29 is 4.79 Å². The van der Waals surface area contributed by atoms with E-state index in [1.54, 1.807) is 0 Å². The predicted molar refractivity (Wildman–Crippen MR) is 45.1 cm³/mol. The number of nitrogens with one attached hydrogen (secondary N) is 1.